The van der Waals surface area contributed by atoms with Crippen molar-refractivity contribution < 1.29 is 32.4 Å². The molecule has 2 rings (SSSR count). The van der Waals surface area contributed by atoms with Gasteiger partial charge in [-0.25, -0.2) is 0 Å². The van der Waals surface area contributed by atoms with Crippen molar-refractivity contribution in [1.82, 2.24) is 5.32 Å². The number of alkyl halides is 3. The van der Waals surface area contributed by atoms with Gasteiger partial charge in [0.25, 0.3) is 0 Å². The van der Waals surface area contributed by atoms with Crippen LogP contribution in [0.3, 0.4) is 0 Å². The number of nitrogens with one attached hydrogen (secondary N) is 1. The normalized spacial score (nSPS) is 13.1. The number of fused-ring (bicyclic) bond motifs is 1. The second kappa shape index (κ2) is 7.50. The molecule has 2 aromatic rings. The first-order valence-corrected chi connectivity index (χ1v) is 8.34. The topological polar surface area (TPSA) is 82.7 Å². The largest absolute Gasteiger partial charge is 0.475 e. The van der Waals surface area contributed by atoms with E-state index < -0.39 is 30.7 Å². The fraction of sp³-hybridized carbons (Fsp3) is 0.357. The average Bonchev–Trinajstić information content (AvgIpc) is 2.88. The van der Waals surface area contributed by atoms with E-state index in [2.05, 4.69) is 5.32 Å². The number of hydrogen-bond acceptors (Lipinski definition) is 5. The minimum absolute atomic E-state index is 0.0773. The Hall–Kier alpha value is -1.65. The lowest BCUT2D eigenvalue weighted by atomic mass is 9.76. The molecule has 3 N–H and O–H groups in total. The van der Waals surface area contributed by atoms with Crippen molar-refractivity contribution in [3.05, 3.63) is 35.6 Å². The number of furan rings is 1. The van der Waals surface area contributed by atoms with E-state index in [1.807, 2.05) is 0 Å². The molecule has 1 atom stereocenters. The lowest BCUT2D eigenvalue weighted by Gasteiger charge is -2.17. The zero-order chi connectivity index (χ0) is 17.9. The molecule has 1 aromatic heterocycles. The lowest BCUT2D eigenvalue weighted by Crippen LogP contribution is -2.48. The van der Waals surface area contributed by atoms with Crippen molar-refractivity contribution in [3.8, 4) is 0 Å². The number of amides is 1. The smallest absolute Gasteiger partial charge is 0.463 e. The van der Waals surface area contributed by atoms with Crippen LogP contribution < -0.4 is 5.32 Å². The quantitative estimate of drug-likeness (QED) is 0.685. The number of carbonyl (C=O) groups is 1. The van der Waals surface area contributed by atoms with Gasteiger partial charge in [-0.15, -0.1) is 0 Å². The Morgan fingerprint density at radius 2 is 2.12 bits per heavy atom. The summed E-state index contributed by atoms with van der Waals surface area (Å²) in [6.45, 7) is 0. The molecule has 10 heteroatoms. The lowest BCUT2D eigenvalue weighted by molar-refractivity contribution is -0.136. The molecule has 0 aliphatic carbocycles. The maximum atomic E-state index is 13.0. The summed E-state index contributed by atoms with van der Waals surface area (Å²) in [5.74, 6) is -1.32. The van der Waals surface area contributed by atoms with Gasteiger partial charge in [-0.3, -0.25) is 4.79 Å². The highest BCUT2D eigenvalue weighted by molar-refractivity contribution is 7.99. The van der Waals surface area contributed by atoms with Gasteiger partial charge in [0, 0.05) is 5.39 Å². The minimum Gasteiger partial charge on any atom is -0.463 e. The molecule has 0 unspecified atom stereocenters. The fourth-order valence-corrected chi connectivity index (χ4v) is 2.68. The summed E-state index contributed by atoms with van der Waals surface area (Å²) in [7, 11) is -1.86. The van der Waals surface area contributed by atoms with Crippen molar-refractivity contribution in [2.75, 3.05) is 12.0 Å². The van der Waals surface area contributed by atoms with Crippen LogP contribution in [0.15, 0.2) is 28.9 Å². The predicted molar refractivity (Wildman–Crippen MR) is 85.4 cm³/mol. The monoisotopic (exact) mass is 361 g/mol. The third-order valence-electron chi connectivity index (χ3n) is 3.41. The van der Waals surface area contributed by atoms with Crippen LogP contribution in [0.1, 0.15) is 11.1 Å². The Morgan fingerprint density at radius 3 is 2.71 bits per heavy atom. The Labute approximate surface area is 140 Å². The summed E-state index contributed by atoms with van der Waals surface area (Å²) < 4.78 is 44.0. The van der Waals surface area contributed by atoms with Gasteiger partial charge in [-0.2, -0.15) is 24.9 Å². The van der Waals surface area contributed by atoms with E-state index in [0.29, 0.717) is 5.56 Å². The molecule has 0 aliphatic rings. The SMILES string of the molecule is CSCC(=O)N[C@@H](Cc1coc2c(C(F)(F)F)cccc12)B(O)O. The number of rotatable bonds is 6. The summed E-state index contributed by atoms with van der Waals surface area (Å²) in [5, 5.41) is 21.5. The van der Waals surface area contributed by atoms with Gasteiger partial charge in [0.2, 0.25) is 5.91 Å². The summed E-state index contributed by atoms with van der Waals surface area (Å²) in [6.07, 6.45) is -1.79. The highest BCUT2D eigenvalue weighted by atomic mass is 32.2. The van der Waals surface area contributed by atoms with E-state index in [9.17, 15) is 28.0 Å². The van der Waals surface area contributed by atoms with Gasteiger partial charge >= 0.3 is 13.3 Å². The van der Waals surface area contributed by atoms with E-state index >= 15 is 0 Å². The number of halogens is 3. The van der Waals surface area contributed by atoms with Gasteiger partial charge in [-0.1, -0.05) is 12.1 Å². The van der Waals surface area contributed by atoms with Crippen molar-refractivity contribution >= 4 is 35.8 Å². The first-order valence-electron chi connectivity index (χ1n) is 6.94. The average molecular weight is 361 g/mol. The molecule has 1 amide bonds. The summed E-state index contributed by atoms with van der Waals surface area (Å²) >= 11 is 1.26. The molecule has 0 radical (unpaired) electrons. The fourth-order valence-electron chi connectivity index (χ4n) is 2.34. The van der Waals surface area contributed by atoms with E-state index in [1.54, 1.807) is 6.26 Å². The molecule has 0 spiro atoms. The molecule has 1 aromatic carbocycles. The summed E-state index contributed by atoms with van der Waals surface area (Å²) in [5.41, 5.74) is -0.876. The van der Waals surface area contributed by atoms with Crippen LogP contribution in [-0.2, 0) is 17.4 Å². The van der Waals surface area contributed by atoms with Crippen LogP contribution in [0.25, 0.3) is 11.0 Å². The van der Waals surface area contributed by atoms with Crippen LogP contribution in [0, 0.1) is 0 Å². The second-order valence-corrected chi connectivity index (χ2v) is 6.03. The van der Waals surface area contributed by atoms with Crippen molar-refractivity contribution in [1.29, 1.82) is 0 Å². The first kappa shape index (κ1) is 18.7. The van der Waals surface area contributed by atoms with E-state index in [4.69, 9.17) is 4.42 Å². The third-order valence-corrected chi connectivity index (χ3v) is 3.96. The summed E-state index contributed by atoms with van der Waals surface area (Å²) in [6, 6.07) is 3.61. The highest BCUT2D eigenvalue weighted by Crippen LogP contribution is 2.36. The number of carbonyl (C=O) groups excluding carboxylic acids is 1. The van der Waals surface area contributed by atoms with Crippen molar-refractivity contribution in [3.63, 3.8) is 0 Å². The number of hydrogen-bond donors (Lipinski definition) is 3. The van der Waals surface area contributed by atoms with Gasteiger partial charge in [0.15, 0.2) is 0 Å². The third kappa shape index (κ3) is 4.25. The second-order valence-electron chi connectivity index (χ2n) is 5.17. The molecule has 130 valence electrons. The van der Waals surface area contributed by atoms with Crippen LogP contribution >= 0.6 is 11.8 Å². The Morgan fingerprint density at radius 1 is 1.42 bits per heavy atom. The predicted octanol–water partition coefficient (Wildman–Crippen LogP) is 1.85. The zero-order valence-electron chi connectivity index (χ0n) is 12.6. The van der Waals surface area contributed by atoms with Gasteiger partial charge < -0.3 is 19.8 Å². The van der Waals surface area contributed by atoms with Gasteiger partial charge in [-0.05, 0) is 24.3 Å². The Kier molecular flexibility index (Phi) is 5.84. The number of thioether (sulfide) groups is 1. The van der Waals surface area contributed by atoms with Crippen molar-refractivity contribution in [2.45, 2.75) is 18.5 Å². The molecule has 24 heavy (non-hydrogen) atoms. The van der Waals surface area contributed by atoms with Crippen LogP contribution in [-0.4, -0.2) is 41.0 Å². The molecule has 0 saturated heterocycles. The maximum Gasteiger partial charge on any atom is 0.475 e. The first-order chi connectivity index (χ1) is 11.2. The molecule has 0 aliphatic heterocycles. The Balaban J connectivity index is 2.30. The zero-order valence-corrected chi connectivity index (χ0v) is 13.4. The van der Waals surface area contributed by atoms with Crippen molar-refractivity contribution in [2.24, 2.45) is 0 Å². The minimum atomic E-state index is -4.56. The molecule has 0 saturated carbocycles. The van der Waals surface area contributed by atoms with E-state index in [-0.39, 0.29) is 23.1 Å². The standard InChI is InChI=1S/C14H15BF3NO4S/c1-24-7-12(20)19-11(15(21)22)5-8-6-23-13-9(8)3-2-4-10(13)14(16,17)18/h2-4,6,11,21-22H,5,7H2,1H3,(H,19,20)/t11-/m0/s1. The van der Waals surface area contributed by atoms with Gasteiger partial charge in [0.1, 0.15) is 5.58 Å². The van der Waals surface area contributed by atoms with Crippen LogP contribution in [0.5, 0.6) is 0 Å². The highest BCUT2D eigenvalue weighted by Gasteiger charge is 2.35. The van der Waals surface area contributed by atoms with Crippen LogP contribution in [0.2, 0.25) is 0 Å². The van der Waals surface area contributed by atoms with E-state index in [0.717, 1.165) is 12.3 Å². The van der Waals surface area contributed by atoms with Gasteiger partial charge in [0.05, 0.1) is 23.5 Å². The molecule has 5 nitrogen and oxygen atoms in total. The molecular weight excluding hydrogens is 346 g/mol. The summed E-state index contributed by atoms with van der Waals surface area (Å²) in [4.78, 5) is 11.6. The van der Waals surface area contributed by atoms with Crippen LogP contribution in [0.4, 0.5) is 13.2 Å². The molecule has 0 fully saturated rings. The van der Waals surface area contributed by atoms with E-state index in [1.165, 1.54) is 23.9 Å². The molecule has 0 bridgehead atoms. The molecule has 1 heterocycles. The number of benzene rings is 1. The number of para-hydroxylation sites is 1. The Bertz CT molecular complexity index is 720. The molecular formula is C14H15BF3NO4S. The maximum absolute atomic E-state index is 13.0.